The van der Waals surface area contributed by atoms with Crippen molar-refractivity contribution in [2.45, 2.75) is 97.3 Å². The first-order valence-electron chi connectivity index (χ1n) is 12.0. The zero-order valence-electron chi connectivity index (χ0n) is 19.1. The molecule has 2 unspecified atom stereocenters. The van der Waals surface area contributed by atoms with Crippen molar-refractivity contribution in [1.82, 2.24) is 10.6 Å². The van der Waals surface area contributed by atoms with Gasteiger partial charge in [0.2, 0.25) is 11.8 Å². The number of alkyl halides is 3. The van der Waals surface area contributed by atoms with Crippen LogP contribution in [-0.4, -0.2) is 30.1 Å². The summed E-state index contributed by atoms with van der Waals surface area (Å²) in [5, 5.41) is 5.95. The van der Waals surface area contributed by atoms with Crippen LogP contribution in [0.5, 0.6) is 0 Å². The van der Waals surface area contributed by atoms with Crippen LogP contribution >= 0.6 is 0 Å². The van der Waals surface area contributed by atoms with Gasteiger partial charge >= 0.3 is 6.18 Å². The third-order valence-corrected chi connectivity index (χ3v) is 10.0. The summed E-state index contributed by atoms with van der Waals surface area (Å²) in [7, 11) is 0. The van der Waals surface area contributed by atoms with Gasteiger partial charge in [-0.3, -0.25) is 9.59 Å². The second-order valence-corrected chi connectivity index (χ2v) is 11.4. The maximum Gasteiger partial charge on any atom is 0.393 e. The largest absolute Gasteiger partial charge is 0.393 e. The van der Waals surface area contributed by atoms with Gasteiger partial charge in [0.25, 0.3) is 0 Å². The minimum Gasteiger partial charge on any atom is -0.353 e. The highest BCUT2D eigenvalue weighted by molar-refractivity contribution is 5.80. The SMILES string of the molecule is CC(NC(=O)[C@H]1CC[C@H]2[C@@H]3CC[C@H]4NC(=O)CC[C@]4(C)[C@H]3CC[C@]12C)C(C)C(F)(F)F. The van der Waals surface area contributed by atoms with Gasteiger partial charge in [-0.05, 0) is 80.5 Å². The lowest BCUT2D eigenvalue weighted by molar-refractivity contribution is -0.177. The van der Waals surface area contributed by atoms with Crippen molar-refractivity contribution in [2.75, 3.05) is 0 Å². The molecule has 1 aliphatic heterocycles. The van der Waals surface area contributed by atoms with E-state index in [0.29, 0.717) is 24.2 Å². The van der Waals surface area contributed by atoms with Crippen molar-refractivity contribution in [2.24, 2.45) is 40.4 Å². The third kappa shape index (κ3) is 3.68. The molecule has 1 heterocycles. The van der Waals surface area contributed by atoms with Crippen molar-refractivity contribution in [1.29, 1.82) is 0 Å². The van der Waals surface area contributed by atoms with Crippen molar-refractivity contribution in [3.63, 3.8) is 0 Å². The quantitative estimate of drug-likeness (QED) is 0.658. The molecule has 4 fully saturated rings. The molecule has 0 spiro atoms. The zero-order valence-corrected chi connectivity index (χ0v) is 19.1. The molecule has 4 rings (SSSR count). The minimum atomic E-state index is -4.31. The van der Waals surface area contributed by atoms with Gasteiger partial charge in [-0.1, -0.05) is 20.8 Å². The monoisotopic (exact) mass is 442 g/mol. The third-order valence-electron chi connectivity index (χ3n) is 10.0. The second kappa shape index (κ2) is 7.65. The first kappa shape index (κ1) is 22.9. The minimum absolute atomic E-state index is 0.120. The first-order valence-corrected chi connectivity index (χ1v) is 12.0. The molecule has 3 saturated carbocycles. The fraction of sp³-hybridized carbons (Fsp3) is 0.917. The number of halogens is 3. The van der Waals surface area contributed by atoms with Crippen molar-refractivity contribution >= 4 is 11.8 Å². The maximum atomic E-state index is 13.1. The van der Waals surface area contributed by atoms with E-state index in [-0.39, 0.29) is 34.6 Å². The molecule has 0 aromatic carbocycles. The van der Waals surface area contributed by atoms with Gasteiger partial charge in [0.15, 0.2) is 0 Å². The molecule has 0 aromatic rings. The highest BCUT2D eigenvalue weighted by Crippen LogP contribution is 2.65. The fourth-order valence-electron chi connectivity index (χ4n) is 7.87. The molecule has 2 amide bonds. The normalized spacial score (nSPS) is 44.4. The predicted molar refractivity (Wildman–Crippen MR) is 112 cm³/mol. The average molecular weight is 443 g/mol. The Morgan fingerprint density at radius 3 is 2.39 bits per heavy atom. The van der Waals surface area contributed by atoms with E-state index in [1.807, 2.05) is 0 Å². The molecular weight excluding hydrogens is 405 g/mol. The molecule has 0 aromatic heterocycles. The van der Waals surface area contributed by atoms with Gasteiger partial charge in [0.1, 0.15) is 0 Å². The average Bonchev–Trinajstić information content (AvgIpc) is 3.04. The Kier molecular flexibility index (Phi) is 5.65. The molecule has 0 radical (unpaired) electrons. The standard InChI is InChI=1S/C24H37F3N2O2/c1-13(24(25,26)27)14(2)28-21(31)18-7-6-16-15-5-8-19-23(4,12-10-20(30)29-19)17(15)9-11-22(16,18)3/h13-19H,5-12H2,1-4H3,(H,28,31)(H,29,30)/t13?,14?,15-,16-,17-,18+,19+,22-,23+/m0/s1. The molecule has 4 aliphatic rings. The topological polar surface area (TPSA) is 58.2 Å². The van der Waals surface area contributed by atoms with E-state index in [1.165, 1.54) is 6.92 Å². The Balaban J connectivity index is 1.48. The van der Waals surface area contributed by atoms with E-state index in [0.717, 1.165) is 51.9 Å². The molecule has 0 bridgehead atoms. The summed E-state index contributed by atoms with van der Waals surface area (Å²) < 4.78 is 39.2. The van der Waals surface area contributed by atoms with Crippen LogP contribution in [0.25, 0.3) is 0 Å². The number of hydrogen-bond acceptors (Lipinski definition) is 2. The van der Waals surface area contributed by atoms with Gasteiger partial charge in [-0.15, -0.1) is 0 Å². The lowest BCUT2D eigenvalue weighted by Gasteiger charge is -2.60. The van der Waals surface area contributed by atoms with Crippen LogP contribution < -0.4 is 10.6 Å². The Hall–Kier alpha value is -1.27. The van der Waals surface area contributed by atoms with E-state index in [4.69, 9.17) is 0 Å². The van der Waals surface area contributed by atoms with Crippen LogP contribution in [0, 0.1) is 40.4 Å². The van der Waals surface area contributed by atoms with Crippen molar-refractivity contribution < 1.29 is 22.8 Å². The summed E-state index contributed by atoms with van der Waals surface area (Å²) in [6.07, 6.45) is 3.01. The van der Waals surface area contributed by atoms with E-state index >= 15 is 0 Å². The molecule has 2 N–H and O–H groups in total. The van der Waals surface area contributed by atoms with E-state index in [1.54, 1.807) is 0 Å². The highest BCUT2D eigenvalue weighted by Gasteiger charge is 2.61. The predicted octanol–water partition coefficient (Wildman–Crippen LogP) is 4.83. The van der Waals surface area contributed by atoms with E-state index in [9.17, 15) is 22.8 Å². The molecule has 9 atom stereocenters. The van der Waals surface area contributed by atoms with Crippen molar-refractivity contribution in [3.05, 3.63) is 0 Å². The lowest BCUT2D eigenvalue weighted by Crippen LogP contribution is -2.61. The number of fused-ring (bicyclic) bond motifs is 5. The van der Waals surface area contributed by atoms with Gasteiger partial charge in [0, 0.05) is 24.4 Å². The number of amides is 2. The van der Waals surface area contributed by atoms with Crippen LogP contribution in [0.2, 0.25) is 0 Å². The van der Waals surface area contributed by atoms with Gasteiger partial charge in [-0.2, -0.15) is 13.2 Å². The van der Waals surface area contributed by atoms with Crippen LogP contribution in [-0.2, 0) is 9.59 Å². The molecular formula is C24H37F3N2O2. The Bertz CT molecular complexity index is 741. The number of piperidine rings is 1. The summed E-state index contributed by atoms with van der Waals surface area (Å²) in [6.45, 7) is 7.15. The molecule has 7 heteroatoms. The molecule has 1 saturated heterocycles. The smallest absolute Gasteiger partial charge is 0.353 e. The van der Waals surface area contributed by atoms with Crippen LogP contribution in [0.15, 0.2) is 0 Å². The van der Waals surface area contributed by atoms with E-state index in [2.05, 4.69) is 24.5 Å². The number of carbonyl (C=O) groups excluding carboxylic acids is 2. The summed E-state index contributed by atoms with van der Waals surface area (Å²) in [4.78, 5) is 25.1. The lowest BCUT2D eigenvalue weighted by atomic mass is 9.47. The number of rotatable bonds is 3. The van der Waals surface area contributed by atoms with Crippen LogP contribution in [0.4, 0.5) is 13.2 Å². The summed E-state index contributed by atoms with van der Waals surface area (Å²) in [6, 6.07) is -0.670. The molecule has 31 heavy (non-hydrogen) atoms. The fourth-order valence-corrected chi connectivity index (χ4v) is 7.87. The van der Waals surface area contributed by atoms with E-state index < -0.39 is 18.1 Å². The number of carbonyl (C=O) groups is 2. The zero-order chi connectivity index (χ0) is 22.8. The summed E-state index contributed by atoms with van der Waals surface area (Å²) >= 11 is 0. The summed E-state index contributed by atoms with van der Waals surface area (Å²) in [5.41, 5.74) is -0.0251. The summed E-state index contributed by atoms with van der Waals surface area (Å²) in [5.74, 6) is -0.270. The molecule has 4 nitrogen and oxygen atoms in total. The Morgan fingerprint density at radius 2 is 1.71 bits per heavy atom. The van der Waals surface area contributed by atoms with Crippen LogP contribution in [0.1, 0.15) is 79.1 Å². The van der Waals surface area contributed by atoms with Gasteiger partial charge < -0.3 is 10.6 Å². The maximum absolute atomic E-state index is 13.1. The first-order chi connectivity index (χ1) is 14.4. The Labute approximate surface area is 183 Å². The second-order valence-electron chi connectivity index (χ2n) is 11.4. The number of hydrogen-bond donors (Lipinski definition) is 2. The number of nitrogens with one attached hydrogen (secondary N) is 2. The van der Waals surface area contributed by atoms with Gasteiger partial charge in [-0.25, -0.2) is 0 Å². The highest BCUT2D eigenvalue weighted by atomic mass is 19.4. The van der Waals surface area contributed by atoms with Crippen LogP contribution in [0.3, 0.4) is 0 Å². The molecule has 3 aliphatic carbocycles. The Morgan fingerprint density at radius 1 is 1.03 bits per heavy atom. The molecule has 176 valence electrons. The van der Waals surface area contributed by atoms with Gasteiger partial charge in [0.05, 0.1) is 5.92 Å². The van der Waals surface area contributed by atoms with Crippen molar-refractivity contribution in [3.8, 4) is 0 Å².